The second kappa shape index (κ2) is 7.52. The fraction of sp³-hybridized carbons (Fsp3) is 0.174. The molecule has 5 aromatic rings. The number of aromatic nitrogens is 6. The molecule has 8 nitrogen and oxygen atoms in total. The maximum Gasteiger partial charge on any atom is 0.266 e. The van der Waals surface area contributed by atoms with Crippen molar-refractivity contribution < 1.29 is 4.39 Å². The first-order valence-corrected chi connectivity index (χ1v) is 10.1. The molecular weight excluding hydrogens is 409 g/mol. The van der Waals surface area contributed by atoms with Crippen LogP contribution in [0.3, 0.4) is 0 Å². The van der Waals surface area contributed by atoms with Crippen LogP contribution in [-0.2, 0) is 0 Å². The van der Waals surface area contributed by atoms with Crippen molar-refractivity contribution in [2.45, 2.75) is 26.8 Å². The number of hydrogen-bond acceptors (Lipinski definition) is 6. The van der Waals surface area contributed by atoms with E-state index >= 15 is 0 Å². The number of aryl methyl sites for hydroxylation is 2. The topological polar surface area (TPSA) is 101 Å². The molecule has 0 fully saturated rings. The van der Waals surface area contributed by atoms with Crippen LogP contribution >= 0.6 is 0 Å². The third-order valence-electron chi connectivity index (χ3n) is 5.48. The van der Waals surface area contributed by atoms with Crippen molar-refractivity contribution in [1.29, 1.82) is 0 Å². The lowest BCUT2D eigenvalue weighted by molar-refractivity contribution is 0.629. The van der Waals surface area contributed by atoms with Crippen molar-refractivity contribution in [2.75, 3.05) is 5.32 Å². The molecule has 0 spiro atoms. The third kappa shape index (κ3) is 3.18. The highest BCUT2D eigenvalue weighted by molar-refractivity contribution is 5.82. The lowest BCUT2D eigenvalue weighted by Gasteiger charge is -2.22. The molecule has 160 valence electrons. The second-order valence-electron chi connectivity index (χ2n) is 7.70. The molecule has 0 bridgehead atoms. The Labute approximate surface area is 182 Å². The first-order valence-electron chi connectivity index (χ1n) is 10.1. The average molecular weight is 429 g/mol. The van der Waals surface area contributed by atoms with E-state index in [9.17, 15) is 9.18 Å². The summed E-state index contributed by atoms with van der Waals surface area (Å²) >= 11 is 0. The summed E-state index contributed by atoms with van der Waals surface area (Å²) in [5.74, 6) is 0.547. The summed E-state index contributed by atoms with van der Waals surface area (Å²) in [7, 11) is 0. The van der Waals surface area contributed by atoms with Gasteiger partial charge in [-0.05, 0) is 50.1 Å². The van der Waals surface area contributed by atoms with Gasteiger partial charge in [0, 0.05) is 0 Å². The molecule has 0 aliphatic carbocycles. The van der Waals surface area contributed by atoms with Gasteiger partial charge in [-0.2, -0.15) is 0 Å². The molecule has 3 aromatic heterocycles. The van der Waals surface area contributed by atoms with E-state index in [0.717, 1.165) is 16.8 Å². The molecule has 9 heteroatoms. The average Bonchev–Trinajstić information content (AvgIpc) is 3.25. The normalized spacial score (nSPS) is 12.4. The monoisotopic (exact) mass is 429 g/mol. The van der Waals surface area contributed by atoms with Gasteiger partial charge in [0.25, 0.3) is 5.56 Å². The van der Waals surface area contributed by atoms with E-state index in [0.29, 0.717) is 28.3 Å². The predicted molar refractivity (Wildman–Crippen MR) is 120 cm³/mol. The van der Waals surface area contributed by atoms with Crippen molar-refractivity contribution in [3.63, 3.8) is 0 Å². The van der Waals surface area contributed by atoms with Gasteiger partial charge in [0.15, 0.2) is 11.5 Å². The number of nitrogens with zero attached hydrogens (tertiary/aromatic N) is 5. The zero-order chi connectivity index (χ0) is 22.4. The number of H-pyrrole nitrogens is 1. The summed E-state index contributed by atoms with van der Waals surface area (Å²) in [6, 6.07) is 9.45. The van der Waals surface area contributed by atoms with Gasteiger partial charge in [-0.3, -0.25) is 9.36 Å². The van der Waals surface area contributed by atoms with Crippen LogP contribution in [0.4, 0.5) is 10.2 Å². The molecule has 0 aliphatic rings. The van der Waals surface area contributed by atoms with Crippen molar-refractivity contribution in [3.05, 3.63) is 82.2 Å². The number of hydrogen-bond donors (Lipinski definition) is 2. The minimum Gasteiger partial charge on any atom is -0.358 e. The lowest BCUT2D eigenvalue weighted by Crippen LogP contribution is -2.28. The van der Waals surface area contributed by atoms with E-state index in [1.165, 1.54) is 24.5 Å². The first-order chi connectivity index (χ1) is 15.4. The van der Waals surface area contributed by atoms with E-state index in [-0.39, 0.29) is 10.9 Å². The standard InChI is InChI=1S/C23H20FN7O/c1-12-5-4-6-13(2)19(12)31-22(30-17-8-7-15(24)9-16(17)23(31)32)14(3)29-21-18-20(26-10-25-18)27-11-28-21/h4-11,14H,1-3H3,(H2,25,26,27,28,29). The van der Waals surface area contributed by atoms with E-state index in [1.807, 2.05) is 39.0 Å². The summed E-state index contributed by atoms with van der Waals surface area (Å²) in [5, 5.41) is 3.54. The van der Waals surface area contributed by atoms with Crippen molar-refractivity contribution >= 4 is 27.9 Å². The van der Waals surface area contributed by atoms with Crippen LogP contribution in [0.5, 0.6) is 0 Å². The van der Waals surface area contributed by atoms with Crippen LogP contribution in [0.15, 0.2) is 53.8 Å². The molecule has 0 saturated heterocycles. The molecule has 0 aliphatic heterocycles. The highest BCUT2D eigenvalue weighted by Gasteiger charge is 2.21. The summed E-state index contributed by atoms with van der Waals surface area (Å²) in [6.07, 6.45) is 2.97. The molecule has 2 N–H and O–H groups in total. The van der Waals surface area contributed by atoms with E-state index in [1.54, 1.807) is 10.9 Å². The minimum atomic E-state index is -0.481. The Morgan fingerprint density at radius 3 is 2.66 bits per heavy atom. The summed E-state index contributed by atoms with van der Waals surface area (Å²) in [4.78, 5) is 34.0. The number of nitrogens with one attached hydrogen (secondary N) is 2. The Kier molecular flexibility index (Phi) is 4.66. The fourth-order valence-corrected chi connectivity index (χ4v) is 3.98. The molecule has 3 heterocycles. The number of fused-ring (bicyclic) bond motifs is 2. The van der Waals surface area contributed by atoms with Gasteiger partial charge in [0.05, 0.1) is 29.0 Å². The molecule has 0 amide bonds. The quantitative estimate of drug-likeness (QED) is 0.448. The van der Waals surface area contributed by atoms with Gasteiger partial charge in [-0.15, -0.1) is 0 Å². The SMILES string of the molecule is Cc1cccc(C)c1-n1c(C(C)Nc2ncnc3nc[nH]c23)nc2ccc(F)cc2c1=O. The number of anilines is 1. The minimum absolute atomic E-state index is 0.224. The van der Waals surface area contributed by atoms with Crippen LogP contribution in [0.2, 0.25) is 0 Å². The second-order valence-corrected chi connectivity index (χ2v) is 7.70. The van der Waals surface area contributed by atoms with Gasteiger partial charge in [-0.1, -0.05) is 18.2 Å². The zero-order valence-corrected chi connectivity index (χ0v) is 17.7. The highest BCUT2D eigenvalue weighted by atomic mass is 19.1. The Bertz CT molecular complexity index is 1520. The van der Waals surface area contributed by atoms with Crippen LogP contribution in [-0.4, -0.2) is 29.5 Å². The Morgan fingerprint density at radius 2 is 1.88 bits per heavy atom. The summed E-state index contributed by atoms with van der Waals surface area (Å²) in [5.41, 5.74) is 3.84. The van der Waals surface area contributed by atoms with Crippen molar-refractivity contribution in [3.8, 4) is 5.69 Å². The molecule has 5 rings (SSSR count). The Hall–Kier alpha value is -4.14. The largest absolute Gasteiger partial charge is 0.358 e. The van der Waals surface area contributed by atoms with Gasteiger partial charge in [-0.25, -0.2) is 24.3 Å². The first kappa shape index (κ1) is 19.8. The number of para-hydroxylation sites is 1. The summed E-state index contributed by atoms with van der Waals surface area (Å²) in [6.45, 7) is 5.77. The molecule has 1 unspecified atom stereocenters. The number of imidazole rings is 1. The van der Waals surface area contributed by atoms with E-state index in [4.69, 9.17) is 4.98 Å². The number of halogens is 1. The fourth-order valence-electron chi connectivity index (χ4n) is 3.98. The highest BCUT2D eigenvalue weighted by Crippen LogP contribution is 2.26. The number of benzene rings is 2. The maximum atomic E-state index is 14.0. The van der Waals surface area contributed by atoms with Gasteiger partial charge < -0.3 is 10.3 Å². The molecule has 0 saturated carbocycles. The maximum absolute atomic E-state index is 14.0. The lowest BCUT2D eigenvalue weighted by atomic mass is 10.1. The van der Waals surface area contributed by atoms with E-state index in [2.05, 4.69) is 25.3 Å². The van der Waals surface area contributed by atoms with Crippen LogP contribution in [0.1, 0.15) is 29.9 Å². The number of aromatic amines is 1. The van der Waals surface area contributed by atoms with Crippen molar-refractivity contribution in [2.24, 2.45) is 0 Å². The van der Waals surface area contributed by atoms with Gasteiger partial charge in [0.2, 0.25) is 0 Å². The molecular formula is C23H20FN7O. The third-order valence-corrected chi connectivity index (χ3v) is 5.48. The van der Waals surface area contributed by atoms with Gasteiger partial charge >= 0.3 is 0 Å². The van der Waals surface area contributed by atoms with E-state index < -0.39 is 11.9 Å². The predicted octanol–water partition coefficient (Wildman–Crippen LogP) is 3.98. The Balaban J connectivity index is 1.75. The molecule has 1 atom stereocenters. The van der Waals surface area contributed by atoms with Crippen LogP contribution in [0.25, 0.3) is 27.8 Å². The zero-order valence-electron chi connectivity index (χ0n) is 17.7. The molecule has 32 heavy (non-hydrogen) atoms. The van der Waals surface area contributed by atoms with Crippen LogP contribution in [0, 0.1) is 19.7 Å². The molecule has 2 aromatic carbocycles. The van der Waals surface area contributed by atoms with Crippen LogP contribution < -0.4 is 10.9 Å². The number of rotatable bonds is 4. The smallest absolute Gasteiger partial charge is 0.266 e. The molecule has 0 radical (unpaired) electrons. The summed E-state index contributed by atoms with van der Waals surface area (Å²) < 4.78 is 15.5. The van der Waals surface area contributed by atoms with Gasteiger partial charge in [0.1, 0.15) is 23.5 Å². The Morgan fingerprint density at radius 1 is 1.09 bits per heavy atom. The van der Waals surface area contributed by atoms with Crippen molar-refractivity contribution in [1.82, 2.24) is 29.5 Å².